The minimum atomic E-state index is -0.166. The molecule has 3 nitrogen and oxygen atoms in total. The lowest BCUT2D eigenvalue weighted by atomic mass is 9.87. The molecule has 94 valence electrons. The number of rotatable bonds is 5. The minimum Gasteiger partial charge on any atom is -0.494 e. The Morgan fingerprint density at radius 3 is 2.65 bits per heavy atom. The number of ether oxygens (including phenoxy) is 1. The molecular formula is C14H21NO2. The minimum absolute atomic E-state index is 0.0533. The summed E-state index contributed by atoms with van der Waals surface area (Å²) in [6.07, 6.45) is 0.928. The van der Waals surface area contributed by atoms with Gasteiger partial charge >= 0.3 is 0 Å². The smallest absolute Gasteiger partial charge is 0.123 e. The molecule has 0 spiro atoms. The number of aliphatic hydroxyl groups is 1. The van der Waals surface area contributed by atoms with Gasteiger partial charge in [0.15, 0.2) is 0 Å². The maximum atomic E-state index is 9.55. The Morgan fingerprint density at radius 1 is 1.41 bits per heavy atom. The third kappa shape index (κ3) is 1.74. The first-order valence-electron chi connectivity index (χ1n) is 6.17. The molecule has 1 aliphatic rings. The molecule has 0 heterocycles. The molecule has 0 saturated heterocycles. The van der Waals surface area contributed by atoms with Gasteiger partial charge in [-0.15, -0.1) is 0 Å². The molecule has 1 fully saturated rings. The molecule has 0 radical (unpaired) electrons. The molecule has 1 aromatic rings. The quantitative estimate of drug-likeness (QED) is 0.816. The monoisotopic (exact) mass is 235 g/mol. The van der Waals surface area contributed by atoms with Crippen molar-refractivity contribution in [3.8, 4) is 5.75 Å². The summed E-state index contributed by atoms with van der Waals surface area (Å²) in [7, 11) is 0. The van der Waals surface area contributed by atoms with Crippen LogP contribution in [0.5, 0.6) is 5.75 Å². The van der Waals surface area contributed by atoms with E-state index in [2.05, 4.69) is 13.0 Å². The van der Waals surface area contributed by atoms with Crippen molar-refractivity contribution in [2.75, 3.05) is 19.8 Å². The maximum absolute atomic E-state index is 9.55. The van der Waals surface area contributed by atoms with Crippen molar-refractivity contribution >= 4 is 0 Å². The van der Waals surface area contributed by atoms with Gasteiger partial charge in [-0.3, -0.25) is 0 Å². The fourth-order valence-electron chi connectivity index (χ4n) is 2.81. The van der Waals surface area contributed by atoms with Crippen molar-refractivity contribution in [2.24, 2.45) is 11.1 Å². The highest BCUT2D eigenvalue weighted by Crippen LogP contribution is 2.65. The number of benzene rings is 1. The van der Waals surface area contributed by atoms with Crippen molar-refractivity contribution in [3.63, 3.8) is 0 Å². The van der Waals surface area contributed by atoms with Crippen LogP contribution in [0.4, 0.5) is 0 Å². The van der Waals surface area contributed by atoms with Crippen molar-refractivity contribution in [1.29, 1.82) is 0 Å². The highest BCUT2D eigenvalue weighted by atomic mass is 16.5. The van der Waals surface area contributed by atoms with Gasteiger partial charge in [-0.2, -0.15) is 0 Å². The van der Waals surface area contributed by atoms with Crippen LogP contribution < -0.4 is 10.5 Å². The molecule has 2 rings (SSSR count). The first kappa shape index (κ1) is 12.4. The molecule has 0 amide bonds. The molecule has 2 atom stereocenters. The van der Waals surface area contributed by atoms with Gasteiger partial charge in [-0.1, -0.05) is 25.1 Å². The van der Waals surface area contributed by atoms with Gasteiger partial charge in [0.2, 0.25) is 0 Å². The summed E-state index contributed by atoms with van der Waals surface area (Å²) in [6.45, 7) is 5.45. The number of hydrogen-bond acceptors (Lipinski definition) is 3. The zero-order chi connectivity index (χ0) is 12.5. The van der Waals surface area contributed by atoms with E-state index in [1.54, 1.807) is 0 Å². The van der Waals surface area contributed by atoms with Crippen LogP contribution in [-0.2, 0) is 5.41 Å². The van der Waals surface area contributed by atoms with Gasteiger partial charge in [0.1, 0.15) is 5.75 Å². The number of hydrogen-bond donors (Lipinski definition) is 2. The zero-order valence-electron chi connectivity index (χ0n) is 10.6. The Hall–Kier alpha value is -1.06. The van der Waals surface area contributed by atoms with Crippen molar-refractivity contribution in [2.45, 2.75) is 25.7 Å². The molecule has 3 N–H and O–H groups in total. The second kappa shape index (κ2) is 4.31. The third-order valence-corrected chi connectivity index (χ3v) is 4.21. The average molecular weight is 235 g/mol. The van der Waals surface area contributed by atoms with Crippen LogP contribution >= 0.6 is 0 Å². The third-order valence-electron chi connectivity index (χ3n) is 4.21. The van der Waals surface area contributed by atoms with Gasteiger partial charge < -0.3 is 15.6 Å². The zero-order valence-corrected chi connectivity index (χ0v) is 10.6. The van der Waals surface area contributed by atoms with E-state index < -0.39 is 0 Å². The van der Waals surface area contributed by atoms with Crippen molar-refractivity contribution in [3.05, 3.63) is 29.8 Å². The number of aliphatic hydroxyl groups excluding tert-OH is 1. The lowest BCUT2D eigenvalue weighted by Crippen LogP contribution is -2.28. The lowest BCUT2D eigenvalue weighted by molar-refractivity contribution is 0.197. The fourth-order valence-corrected chi connectivity index (χ4v) is 2.81. The SMILES string of the molecule is CCOc1ccccc1C1(C)CC1(CN)CO. The number of para-hydroxylation sites is 1. The fraction of sp³-hybridized carbons (Fsp3) is 0.571. The predicted molar refractivity (Wildman–Crippen MR) is 68.2 cm³/mol. The highest BCUT2D eigenvalue weighted by Gasteiger charge is 2.64. The molecule has 17 heavy (non-hydrogen) atoms. The van der Waals surface area contributed by atoms with E-state index in [1.165, 1.54) is 5.56 Å². The molecule has 0 aliphatic heterocycles. The van der Waals surface area contributed by atoms with E-state index in [-0.39, 0.29) is 17.4 Å². The Balaban J connectivity index is 2.36. The normalized spacial score (nSPS) is 31.3. The second-order valence-corrected chi connectivity index (χ2v) is 5.08. The second-order valence-electron chi connectivity index (χ2n) is 5.08. The van der Waals surface area contributed by atoms with Crippen LogP contribution in [0.1, 0.15) is 25.8 Å². The number of nitrogens with two attached hydrogens (primary N) is 1. The van der Waals surface area contributed by atoms with Gasteiger partial charge in [-0.05, 0) is 19.4 Å². The van der Waals surface area contributed by atoms with Crippen LogP contribution in [0.2, 0.25) is 0 Å². The molecule has 1 aliphatic carbocycles. The van der Waals surface area contributed by atoms with Crippen molar-refractivity contribution in [1.82, 2.24) is 0 Å². The van der Waals surface area contributed by atoms with Crippen LogP contribution in [0, 0.1) is 5.41 Å². The van der Waals surface area contributed by atoms with E-state index >= 15 is 0 Å². The van der Waals surface area contributed by atoms with Crippen LogP contribution in [0.3, 0.4) is 0 Å². The van der Waals surface area contributed by atoms with E-state index in [4.69, 9.17) is 10.5 Å². The maximum Gasteiger partial charge on any atom is 0.123 e. The summed E-state index contributed by atoms with van der Waals surface area (Å²) in [4.78, 5) is 0. The van der Waals surface area contributed by atoms with E-state index in [0.717, 1.165) is 12.2 Å². The van der Waals surface area contributed by atoms with Gasteiger partial charge in [0.25, 0.3) is 0 Å². The molecule has 0 aromatic heterocycles. The largest absolute Gasteiger partial charge is 0.494 e. The lowest BCUT2D eigenvalue weighted by Gasteiger charge is -2.22. The molecular weight excluding hydrogens is 214 g/mol. The Bertz CT molecular complexity index is 401. The highest BCUT2D eigenvalue weighted by molar-refractivity contribution is 5.46. The summed E-state index contributed by atoms with van der Waals surface area (Å²) in [5, 5.41) is 9.55. The first-order valence-corrected chi connectivity index (χ1v) is 6.17. The van der Waals surface area contributed by atoms with Crippen LogP contribution in [-0.4, -0.2) is 24.9 Å². The molecule has 1 aromatic carbocycles. The van der Waals surface area contributed by atoms with Gasteiger partial charge in [0.05, 0.1) is 13.2 Å². The van der Waals surface area contributed by atoms with Gasteiger partial charge in [0, 0.05) is 22.9 Å². The summed E-state index contributed by atoms with van der Waals surface area (Å²) in [6, 6.07) is 8.06. The van der Waals surface area contributed by atoms with E-state index in [1.807, 2.05) is 25.1 Å². The van der Waals surface area contributed by atoms with Gasteiger partial charge in [-0.25, -0.2) is 0 Å². The Kier molecular flexibility index (Phi) is 3.15. The summed E-state index contributed by atoms with van der Waals surface area (Å²) in [5.74, 6) is 0.918. The Labute approximate surface area is 103 Å². The Morgan fingerprint density at radius 2 is 2.12 bits per heavy atom. The van der Waals surface area contributed by atoms with E-state index in [9.17, 15) is 5.11 Å². The molecule has 2 unspecified atom stereocenters. The molecule has 0 bridgehead atoms. The first-order chi connectivity index (χ1) is 8.13. The predicted octanol–water partition coefficient (Wildman–Crippen LogP) is 1.68. The summed E-state index contributed by atoms with van der Waals surface area (Å²) in [5.41, 5.74) is 6.76. The summed E-state index contributed by atoms with van der Waals surface area (Å²) < 4.78 is 5.66. The van der Waals surface area contributed by atoms with E-state index in [0.29, 0.717) is 13.2 Å². The standard InChI is InChI=1S/C14H21NO2/c1-3-17-12-7-5-4-6-11(12)13(2)8-14(13,9-15)10-16/h4-7,16H,3,8-10,15H2,1-2H3. The molecule has 3 heteroatoms. The van der Waals surface area contributed by atoms with Crippen LogP contribution in [0.15, 0.2) is 24.3 Å². The van der Waals surface area contributed by atoms with Crippen molar-refractivity contribution < 1.29 is 9.84 Å². The topological polar surface area (TPSA) is 55.5 Å². The summed E-state index contributed by atoms with van der Waals surface area (Å²) >= 11 is 0. The molecule has 1 saturated carbocycles. The average Bonchev–Trinajstić information content (AvgIpc) is 2.98. The van der Waals surface area contributed by atoms with Crippen LogP contribution in [0.25, 0.3) is 0 Å².